The minimum absolute atomic E-state index is 0.0164. The number of nitrogens with zero attached hydrogens (tertiary/aromatic N) is 3. The fourth-order valence-electron chi connectivity index (χ4n) is 3.25. The molecule has 2 aromatic carbocycles. The van der Waals surface area contributed by atoms with Gasteiger partial charge in [0.05, 0.1) is 17.4 Å². The van der Waals surface area contributed by atoms with E-state index in [1.54, 1.807) is 7.05 Å². The highest BCUT2D eigenvalue weighted by Gasteiger charge is 2.42. The molecule has 30 heavy (non-hydrogen) atoms. The first-order valence-electron chi connectivity index (χ1n) is 9.25. The van der Waals surface area contributed by atoms with E-state index in [2.05, 4.69) is 15.8 Å². The number of hydrazine groups is 1. The Morgan fingerprint density at radius 2 is 2.00 bits per heavy atom. The molecular weight excluding hydrogens is 412 g/mol. The van der Waals surface area contributed by atoms with Gasteiger partial charge in [-0.3, -0.25) is 19.9 Å². The number of para-hydroxylation sites is 1. The lowest BCUT2D eigenvalue weighted by Gasteiger charge is -2.32. The van der Waals surface area contributed by atoms with Crippen molar-refractivity contribution in [2.24, 2.45) is 10.9 Å². The average Bonchev–Trinajstić information content (AvgIpc) is 3.23. The molecule has 0 spiro atoms. The molecule has 2 atom stereocenters. The maximum absolute atomic E-state index is 13.8. The summed E-state index contributed by atoms with van der Waals surface area (Å²) in [7, 11) is 1.66. The van der Waals surface area contributed by atoms with Crippen molar-refractivity contribution in [1.82, 2.24) is 10.9 Å². The maximum Gasteiger partial charge on any atom is 0.241 e. The van der Waals surface area contributed by atoms with Crippen LogP contribution in [0.1, 0.15) is 0 Å². The zero-order valence-electron chi connectivity index (χ0n) is 16.0. The Morgan fingerprint density at radius 3 is 2.73 bits per heavy atom. The number of fused-ring (bicyclic) bond motifs is 1. The number of anilines is 2. The summed E-state index contributed by atoms with van der Waals surface area (Å²) in [5.74, 6) is -3.02. The number of amides is 2. The molecule has 1 fully saturated rings. The van der Waals surface area contributed by atoms with Crippen molar-refractivity contribution in [3.05, 3.63) is 60.2 Å². The number of hydrogen-bond donors (Lipinski definition) is 2. The molecule has 2 unspecified atom stereocenters. The quantitative estimate of drug-likeness (QED) is 0.776. The number of carbonyl (C=O) groups is 2. The molecule has 2 N–H and O–H groups in total. The van der Waals surface area contributed by atoms with Gasteiger partial charge < -0.3 is 4.90 Å². The Bertz CT molecular complexity index is 1000. The van der Waals surface area contributed by atoms with Gasteiger partial charge >= 0.3 is 0 Å². The Hall–Kier alpha value is -2.82. The number of nitrogens with one attached hydrogen (secondary N) is 2. The normalized spacial score (nSPS) is 20.7. The van der Waals surface area contributed by atoms with E-state index in [1.807, 2.05) is 30.3 Å². The molecule has 2 aliphatic rings. The summed E-state index contributed by atoms with van der Waals surface area (Å²) in [6.07, 6.45) is -0.483. The molecule has 7 nitrogen and oxygen atoms in total. The largest absolute Gasteiger partial charge is 0.315 e. The van der Waals surface area contributed by atoms with Crippen LogP contribution < -0.4 is 20.7 Å². The van der Waals surface area contributed by atoms with E-state index >= 15 is 0 Å². The summed E-state index contributed by atoms with van der Waals surface area (Å²) in [5.41, 5.74) is 6.72. The zero-order chi connectivity index (χ0) is 21.3. The van der Waals surface area contributed by atoms with E-state index < -0.39 is 23.7 Å². The second kappa shape index (κ2) is 8.50. The van der Waals surface area contributed by atoms with Crippen LogP contribution in [0.25, 0.3) is 0 Å². The van der Waals surface area contributed by atoms with E-state index in [0.29, 0.717) is 6.54 Å². The number of benzene rings is 2. The van der Waals surface area contributed by atoms with Gasteiger partial charge in [0.1, 0.15) is 6.17 Å². The number of thioether (sulfide) groups is 1. The molecule has 0 aliphatic carbocycles. The molecule has 0 saturated carbocycles. The Kier molecular flexibility index (Phi) is 5.80. The molecular formula is C20H19F2N5O2S. The Morgan fingerprint density at radius 1 is 1.23 bits per heavy atom. The number of amidine groups is 1. The van der Waals surface area contributed by atoms with E-state index in [-0.39, 0.29) is 28.4 Å². The highest BCUT2D eigenvalue weighted by molar-refractivity contribution is 8.14. The van der Waals surface area contributed by atoms with Gasteiger partial charge in [-0.2, -0.15) is 0 Å². The fourth-order valence-corrected chi connectivity index (χ4v) is 4.21. The number of halogens is 2. The molecule has 1 saturated heterocycles. The molecule has 0 bridgehead atoms. The zero-order valence-corrected chi connectivity index (χ0v) is 16.8. The third-order valence-corrected chi connectivity index (χ3v) is 5.87. The molecule has 2 aromatic rings. The molecule has 2 aliphatic heterocycles. The molecule has 4 rings (SSSR count). The van der Waals surface area contributed by atoms with Gasteiger partial charge in [0.15, 0.2) is 16.8 Å². The number of carbonyl (C=O) groups excluding carboxylic acids is 2. The highest BCUT2D eigenvalue weighted by Crippen LogP contribution is 2.30. The van der Waals surface area contributed by atoms with Crippen LogP contribution in [0, 0.1) is 17.6 Å². The average molecular weight is 431 g/mol. The monoisotopic (exact) mass is 431 g/mol. The first-order chi connectivity index (χ1) is 14.5. The third-order valence-electron chi connectivity index (χ3n) is 4.94. The van der Waals surface area contributed by atoms with Crippen molar-refractivity contribution in [2.75, 3.05) is 29.1 Å². The maximum atomic E-state index is 13.8. The summed E-state index contributed by atoms with van der Waals surface area (Å²) < 4.78 is 27.2. The summed E-state index contributed by atoms with van der Waals surface area (Å²) in [5, 5.41) is 0.248. The predicted octanol–water partition coefficient (Wildman–Crippen LogP) is 2.11. The summed E-state index contributed by atoms with van der Waals surface area (Å²) in [6.45, 7) is 0.362. The van der Waals surface area contributed by atoms with Crippen LogP contribution >= 0.6 is 11.8 Å². The van der Waals surface area contributed by atoms with E-state index in [0.717, 1.165) is 29.6 Å². The minimum Gasteiger partial charge on any atom is -0.315 e. The van der Waals surface area contributed by atoms with Gasteiger partial charge in [0, 0.05) is 25.3 Å². The first-order valence-corrected chi connectivity index (χ1v) is 10.2. The molecule has 2 amide bonds. The van der Waals surface area contributed by atoms with Gasteiger partial charge in [-0.05, 0) is 24.3 Å². The van der Waals surface area contributed by atoms with Crippen LogP contribution in [0.5, 0.6) is 0 Å². The fraction of sp³-hybridized carbons (Fsp3) is 0.250. The van der Waals surface area contributed by atoms with E-state index in [4.69, 9.17) is 0 Å². The van der Waals surface area contributed by atoms with Crippen LogP contribution in [-0.4, -0.2) is 42.5 Å². The second-order valence-corrected chi connectivity index (χ2v) is 7.78. The van der Waals surface area contributed by atoms with Crippen LogP contribution in [0.4, 0.5) is 20.2 Å². The molecule has 156 valence electrons. The summed E-state index contributed by atoms with van der Waals surface area (Å²) >= 11 is 1.07. The lowest BCUT2D eigenvalue weighted by atomic mass is 10.0. The van der Waals surface area contributed by atoms with Gasteiger partial charge in [0.25, 0.3) is 0 Å². The van der Waals surface area contributed by atoms with Crippen LogP contribution in [0.3, 0.4) is 0 Å². The predicted molar refractivity (Wildman–Crippen MR) is 112 cm³/mol. The van der Waals surface area contributed by atoms with Gasteiger partial charge in [-0.15, -0.1) is 0 Å². The molecule has 2 heterocycles. The minimum atomic E-state index is -1.06. The molecule has 10 heteroatoms. The van der Waals surface area contributed by atoms with Crippen molar-refractivity contribution in [3.8, 4) is 0 Å². The van der Waals surface area contributed by atoms with Gasteiger partial charge in [0.2, 0.25) is 11.8 Å². The first kappa shape index (κ1) is 20.5. The lowest BCUT2D eigenvalue weighted by molar-refractivity contribution is -0.121. The van der Waals surface area contributed by atoms with Crippen LogP contribution in [-0.2, 0) is 9.59 Å². The van der Waals surface area contributed by atoms with Crippen molar-refractivity contribution in [2.45, 2.75) is 6.17 Å². The highest BCUT2D eigenvalue weighted by atomic mass is 32.2. The van der Waals surface area contributed by atoms with Crippen molar-refractivity contribution >= 4 is 40.1 Å². The van der Waals surface area contributed by atoms with Crippen LogP contribution in [0.2, 0.25) is 0 Å². The SMILES string of the molecule is CN(C(=O)CSC1=NC2NNCC2C(=O)N1c1ccc(F)c(F)c1)c1ccccc1. The third kappa shape index (κ3) is 3.93. The summed E-state index contributed by atoms with van der Waals surface area (Å²) in [6, 6.07) is 12.4. The second-order valence-electron chi connectivity index (χ2n) is 6.84. The Labute approximate surface area is 176 Å². The smallest absolute Gasteiger partial charge is 0.241 e. The van der Waals surface area contributed by atoms with E-state index in [1.165, 1.54) is 15.9 Å². The molecule has 0 aromatic heterocycles. The van der Waals surface area contributed by atoms with Gasteiger partial charge in [-0.1, -0.05) is 30.0 Å². The Balaban J connectivity index is 1.57. The van der Waals surface area contributed by atoms with Crippen molar-refractivity contribution < 1.29 is 18.4 Å². The van der Waals surface area contributed by atoms with Crippen LogP contribution in [0.15, 0.2) is 53.5 Å². The number of hydrogen-bond acceptors (Lipinski definition) is 6. The molecule has 0 radical (unpaired) electrons. The number of aliphatic imine (C=N–C) groups is 1. The van der Waals surface area contributed by atoms with Crippen molar-refractivity contribution in [1.29, 1.82) is 0 Å². The van der Waals surface area contributed by atoms with E-state index in [9.17, 15) is 18.4 Å². The topological polar surface area (TPSA) is 77.0 Å². The summed E-state index contributed by atoms with van der Waals surface area (Å²) in [4.78, 5) is 33.0. The standard InChI is InChI=1S/C20H19F2N5O2S/c1-26(12-5-3-2-4-6-12)17(28)11-30-20-24-18-14(10-23-25-18)19(29)27(20)13-7-8-15(21)16(22)9-13/h2-9,14,18,23,25H,10-11H2,1H3. The lowest BCUT2D eigenvalue weighted by Crippen LogP contribution is -2.49. The van der Waals surface area contributed by atoms with Crippen molar-refractivity contribution in [3.63, 3.8) is 0 Å². The number of rotatable bonds is 4. The van der Waals surface area contributed by atoms with Gasteiger partial charge in [-0.25, -0.2) is 19.2 Å².